The minimum absolute atomic E-state index is 0.145. The number of likely N-dealkylation sites (N-methyl/N-ethyl adjacent to an activating group) is 1. The van der Waals surface area contributed by atoms with Gasteiger partial charge in [-0.2, -0.15) is 0 Å². The Labute approximate surface area is 113 Å². The first-order valence-electron chi connectivity index (χ1n) is 6.67. The highest BCUT2D eigenvalue weighted by molar-refractivity contribution is 5.18. The van der Waals surface area contributed by atoms with E-state index in [4.69, 9.17) is 0 Å². The molecule has 19 heavy (non-hydrogen) atoms. The fourth-order valence-electron chi connectivity index (χ4n) is 2.24. The summed E-state index contributed by atoms with van der Waals surface area (Å²) < 4.78 is 15.1. The lowest BCUT2D eigenvalue weighted by atomic mass is 10.1. The van der Waals surface area contributed by atoms with Crippen LogP contribution in [0.3, 0.4) is 0 Å². The SMILES string of the molecule is CCCn1ccnc1C(Cc1ccc(F)cc1)NC. The maximum absolute atomic E-state index is 12.9. The maximum Gasteiger partial charge on any atom is 0.126 e. The summed E-state index contributed by atoms with van der Waals surface area (Å²) in [5.41, 5.74) is 1.10. The van der Waals surface area contributed by atoms with Crippen molar-refractivity contribution in [1.29, 1.82) is 0 Å². The molecule has 0 aliphatic rings. The zero-order chi connectivity index (χ0) is 13.7. The highest BCUT2D eigenvalue weighted by atomic mass is 19.1. The number of hydrogen-bond acceptors (Lipinski definition) is 2. The summed E-state index contributed by atoms with van der Waals surface area (Å²) >= 11 is 0. The summed E-state index contributed by atoms with van der Waals surface area (Å²) in [6.07, 6.45) is 5.72. The van der Waals surface area contributed by atoms with Gasteiger partial charge in [0.2, 0.25) is 0 Å². The van der Waals surface area contributed by atoms with Gasteiger partial charge in [-0.15, -0.1) is 0 Å². The van der Waals surface area contributed by atoms with Crippen LogP contribution in [0.5, 0.6) is 0 Å². The lowest BCUT2D eigenvalue weighted by Crippen LogP contribution is -2.23. The average Bonchev–Trinajstić information content (AvgIpc) is 2.87. The molecule has 2 aromatic rings. The van der Waals surface area contributed by atoms with E-state index in [-0.39, 0.29) is 11.9 Å². The largest absolute Gasteiger partial charge is 0.334 e. The Bertz CT molecular complexity index is 504. The predicted octanol–water partition coefficient (Wildman–Crippen LogP) is 2.94. The van der Waals surface area contributed by atoms with Crippen molar-refractivity contribution in [2.75, 3.05) is 7.05 Å². The Hall–Kier alpha value is -1.68. The van der Waals surface area contributed by atoms with Crippen LogP contribution < -0.4 is 5.32 Å². The van der Waals surface area contributed by atoms with Crippen LogP contribution in [0.15, 0.2) is 36.7 Å². The molecule has 1 aromatic carbocycles. The number of hydrogen-bond donors (Lipinski definition) is 1. The van der Waals surface area contributed by atoms with Gasteiger partial charge in [-0.25, -0.2) is 9.37 Å². The first kappa shape index (κ1) is 13.7. The third-order valence-corrected chi connectivity index (χ3v) is 3.23. The molecular formula is C15H20FN3. The van der Waals surface area contributed by atoms with Crippen molar-refractivity contribution >= 4 is 0 Å². The number of imidazole rings is 1. The molecule has 1 atom stereocenters. The van der Waals surface area contributed by atoms with Gasteiger partial charge in [-0.3, -0.25) is 0 Å². The molecule has 0 saturated carbocycles. The van der Waals surface area contributed by atoms with Gasteiger partial charge in [-0.1, -0.05) is 19.1 Å². The highest BCUT2D eigenvalue weighted by Gasteiger charge is 2.15. The fraction of sp³-hybridized carbons (Fsp3) is 0.400. The van der Waals surface area contributed by atoms with Crippen LogP contribution in [0, 0.1) is 5.82 Å². The van der Waals surface area contributed by atoms with Crippen LogP contribution in [-0.2, 0) is 13.0 Å². The van der Waals surface area contributed by atoms with E-state index in [0.29, 0.717) is 0 Å². The van der Waals surface area contributed by atoms with E-state index in [1.54, 1.807) is 0 Å². The van der Waals surface area contributed by atoms with E-state index in [0.717, 1.165) is 30.8 Å². The van der Waals surface area contributed by atoms with Crippen molar-refractivity contribution in [3.8, 4) is 0 Å². The molecule has 0 amide bonds. The maximum atomic E-state index is 12.9. The number of rotatable bonds is 6. The molecule has 0 radical (unpaired) electrons. The van der Waals surface area contributed by atoms with Crippen LogP contribution in [0.25, 0.3) is 0 Å². The van der Waals surface area contributed by atoms with Crippen molar-refractivity contribution in [2.24, 2.45) is 0 Å². The van der Waals surface area contributed by atoms with Gasteiger partial charge < -0.3 is 9.88 Å². The highest BCUT2D eigenvalue weighted by Crippen LogP contribution is 2.17. The second-order valence-electron chi connectivity index (χ2n) is 4.65. The molecule has 3 nitrogen and oxygen atoms in total. The second kappa shape index (κ2) is 6.48. The van der Waals surface area contributed by atoms with Crippen molar-refractivity contribution in [3.05, 3.63) is 53.9 Å². The van der Waals surface area contributed by atoms with Crippen LogP contribution in [0.2, 0.25) is 0 Å². The van der Waals surface area contributed by atoms with Gasteiger partial charge in [0.25, 0.3) is 0 Å². The topological polar surface area (TPSA) is 29.9 Å². The van der Waals surface area contributed by atoms with Gasteiger partial charge in [0.1, 0.15) is 11.6 Å². The van der Waals surface area contributed by atoms with Crippen molar-refractivity contribution in [3.63, 3.8) is 0 Å². The zero-order valence-electron chi connectivity index (χ0n) is 11.4. The molecule has 1 N–H and O–H groups in total. The summed E-state index contributed by atoms with van der Waals surface area (Å²) in [5.74, 6) is 0.839. The van der Waals surface area contributed by atoms with Crippen molar-refractivity contribution in [1.82, 2.24) is 14.9 Å². The van der Waals surface area contributed by atoms with Gasteiger partial charge >= 0.3 is 0 Å². The van der Waals surface area contributed by atoms with E-state index in [1.807, 2.05) is 31.6 Å². The molecule has 0 spiro atoms. The molecular weight excluding hydrogens is 241 g/mol. The number of nitrogens with one attached hydrogen (secondary N) is 1. The molecule has 2 rings (SSSR count). The van der Waals surface area contributed by atoms with Crippen LogP contribution >= 0.6 is 0 Å². The van der Waals surface area contributed by atoms with Gasteiger partial charge in [0, 0.05) is 18.9 Å². The number of aryl methyl sites for hydroxylation is 1. The second-order valence-corrected chi connectivity index (χ2v) is 4.65. The third-order valence-electron chi connectivity index (χ3n) is 3.23. The number of benzene rings is 1. The molecule has 0 fully saturated rings. The van der Waals surface area contributed by atoms with Gasteiger partial charge in [0.05, 0.1) is 6.04 Å². The minimum Gasteiger partial charge on any atom is -0.334 e. The average molecular weight is 261 g/mol. The fourth-order valence-corrected chi connectivity index (χ4v) is 2.24. The molecule has 1 unspecified atom stereocenters. The summed E-state index contributed by atoms with van der Waals surface area (Å²) in [6, 6.07) is 6.80. The molecule has 0 aliphatic heterocycles. The minimum atomic E-state index is -0.197. The van der Waals surface area contributed by atoms with E-state index < -0.39 is 0 Å². The third kappa shape index (κ3) is 3.41. The van der Waals surface area contributed by atoms with Crippen LogP contribution in [0.1, 0.15) is 30.8 Å². The van der Waals surface area contributed by atoms with Crippen LogP contribution in [-0.4, -0.2) is 16.6 Å². The molecule has 0 saturated heterocycles. The zero-order valence-corrected chi connectivity index (χ0v) is 11.4. The molecule has 4 heteroatoms. The number of nitrogens with zero attached hydrogens (tertiary/aromatic N) is 2. The summed E-state index contributed by atoms with van der Waals surface area (Å²) in [7, 11) is 1.93. The van der Waals surface area contributed by atoms with Gasteiger partial charge in [0.15, 0.2) is 0 Å². The summed E-state index contributed by atoms with van der Waals surface area (Å²) in [5, 5.41) is 3.29. The first-order chi connectivity index (χ1) is 9.24. The standard InChI is InChI=1S/C15H20FN3/c1-3-9-19-10-8-18-15(19)14(17-2)11-12-4-6-13(16)7-5-12/h4-8,10,14,17H,3,9,11H2,1-2H3. The lowest BCUT2D eigenvalue weighted by molar-refractivity contribution is 0.512. The molecule has 0 bridgehead atoms. The predicted molar refractivity (Wildman–Crippen MR) is 74.4 cm³/mol. The molecule has 0 aliphatic carbocycles. The Balaban J connectivity index is 2.15. The molecule has 1 heterocycles. The van der Waals surface area contributed by atoms with E-state index in [1.165, 1.54) is 12.1 Å². The lowest BCUT2D eigenvalue weighted by Gasteiger charge is -2.17. The number of halogens is 1. The van der Waals surface area contributed by atoms with E-state index in [9.17, 15) is 4.39 Å². The molecule has 102 valence electrons. The monoisotopic (exact) mass is 261 g/mol. The summed E-state index contributed by atoms with van der Waals surface area (Å²) in [6.45, 7) is 3.12. The van der Waals surface area contributed by atoms with Crippen molar-refractivity contribution in [2.45, 2.75) is 32.4 Å². The van der Waals surface area contributed by atoms with Gasteiger partial charge in [-0.05, 0) is 37.6 Å². The van der Waals surface area contributed by atoms with Crippen molar-refractivity contribution < 1.29 is 4.39 Å². The molecule has 1 aromatic heterocycles. The Morgan fingerprint density at radius 2 is 2.05 bits per heavy atom. The number of aromatic nitrogens is 2. The van der Waals surface area contributed by atoms with E-state index in [2.05, 4.69) is 21.8 Å². The van der Waals surface area contributed by atoms with Crippen LogP contribution in [0.4, 0.5) is 4.39 Å². The first-order valence-corrected chi connectivity index (χ1v) is 6.67. The van der Waals surface area contributed by atoms with E-state index >= 15 is 0 Å². The Morgan fingerprint density at radius 1 is 1.32 bits per heavy atom. The quantitative estimate of drug-likeness (QED) is 0.866. The smallest absolute Gasteiger partial charge is 0.126 e. The normalized spacial score (nSPS) is 12.6. The Morgan fingerprint density at radius 3 is 2.68 bits per heavy atom. The summed E-state index contributed by atoms with van der Waals surface area (Å²) in [4.78, 5) is 4.45. The Kier molecular flexibility index (Phi) is 4.68.